The standard InChI is InChI=1S/C16H20N2O2/c1-4-5-10-20-16(19)14(11-17)12-18(3)15-9-7-6-8-13(15)2/h6-9,12H,4-5,10H2,1-3H3. The maximum atomic E-state index is 11.8. The van der Waals surface area contributed by atoms with Crippen LogP contribution < -0.4 is 4.90 Å². The molecule has 0 aliphatic carbocycles. The zero-order valence-corrected chi connectivity index (χ0v) is 12.2. The monoisotopic (exact) mass is 272 g/mol. The minimum Gasteiger partial charge on any atom is -0.462 e. The second kappa shape index (κ2) is 8.00. The molecule has 0 aliphatic rings. The number of anilines is 1. The maximum Gasteiger partial charge on any atom is 0.350 e. The Morgan fingerprint density at radius 1 is 1.45 bits per heavy atom. The quantitative estimate of drug-likeness (QED) is 0.345. The Labute approximate surface area is 120 Å². The second-order valence-corrected chi connectivity index (χ2v) is 4.54. The van der Waals surface area contributed by atoms with E-state index in [-0.39, 0.29) is 5.57 Å². The van der Waals surface area contributed by atoms with Crippen LogP contribution in [0.5, 0.6) is 0 Å². The SMILES string of the molecule is CCCCOC(=O)C(C#N)=CN(C)c1ccccc1C. The van der Waals surface area contributed by atoms with Crippen molar-refractivity contribution in [2.45, 2.75) is 26.7 Å². The lowest BCUT2D eigenvalue weighted by molar-refractivity contribution is -0.138. The van der Waals surface area contributed by atoms with Crippen molar-refractivity contribution in [3.8, 4) is 6.07 Å². The second-order valence-electron chi connectivity index (χ2n) is 4.54. The summed E-state index contributed by atoms with van der Waals surface area (Å²) in [5.74, 6) is -0.568. The molecule has 1 rings (SSSR count). The summed E-state index contributed by atoms with van der Waals surface area (Å²) in [4.78, 5) is 13.5. The molecule has 4 nitrogen and oxygen atoms in total. The molecule has 1 aromatic rings. The first kappa shape index (κ1) is 15.8. The number of aryl methyl sites for hydroxylation is 1. The molecule has 20 heavy (non-hydrogen) atoms. The predicted molar refractivity (Wildman–Crippen MR) is 79.1 cm³/mol. The highest BCUT2D eigenvalue weighted by atomic mass is 16.5. The highest BCUT2D eigenvalue weighted by molar-refractivity contribution is 5.93. The fourth-order valence-electron chi connectivity index (χ4n) is 1.74. The van der Waals surface area contributed by atoms with Crippen LogP contribution in [0.4, 0.5) is 5.69 Å². The molecule has 0 fully saturated rings. The summed E-state index contributed by atoms with van der Waals surface area (Å²) < 4.78 is 5.05. The van der Waals surface area contributed by atoms with Crippen LogP contribution in [-0.4, -0.2) is 19.6 Å². The van der Waals surface area contributed by atoms with Gasteiger partial charge in [-0.05, 0) is 25.0 Å². The normalized spacial score (nSPS) is 10.8. The number of hydrogen-bond donors (Lipinski definition) is 0. The van der Waals surface area contributed by atoms with E-state index in [9.17, 15) is 4.79 Å². The van der Waals surface area contributed by atoms with E-state index in [2.05, 4.69) is 0 Å². The Morgan fingerprint density at radius 3 is 2.75 bits per heavy atom. The van der Waals surface area contributed by atoms with E-state index in [0.29, 0.717) is 6.61 Å². The van der Waals surface area contributed by atoms with Crippen molar-refractivity contribution in [2.75, 3.05) is 18.6 Å². The number of esters is 1. The summed E-state index contributed by atoms with van der Waals surface area (Å²) in [6, 6.07) is 9.67. The largest absolute Gasteiger partial charge is 0.462 e. The van der Waals surface area contributed by atoms with Crippen LogP contribution in [0.2, 0.25) is 0 Å². The first-order valence-corrected chi connectivity index (χ1v) is 6.67. The van der Waals surface area contributed by atoms with Gasteiger partial charge in [-0.25, -0.2) is 4.79 Å². The van der Waals surface area contributed by atoms with Gasteiger partial charge in [0.2, 0.25) is 0 Å². The van der Waals surface area contributed by atoms with Crippen LogP contribution in [0.1, 0.15) is 25.3 Å². The number of para-hydroxylation sites is 1. The van der Waals surface area contributed by atoms with Gasteiger partial charge in [-0.2, -0.15) is 5.26 Å². The Kier molecular flexibility index (Phi) is 6.31. The van der Waals surface area contributed by atoms with Gasteiger partial charge < -0.3 is 9.64 Å². The first-order valence-electron chi connectivity index (χ1n) is 6.67. The number of hydrogen-bond acceptors (Lipinski definition) is 4. The van der Waals surface area contributed by atoms with Crippen molar-refractivity contribution < 1.29 is 9.53 Å². The minimum absolute atomic E-state index is 0.00635. The Balaban J connectivity index is 2.81. The summed E-state index contributed by atoms with van der Waals surface area (Å²) in [6.07, 6.45) is 3.26. The van der Waals surface area contributed by atoms with E-state index in [1.54, 1.807) is 11.9 Å². The molecule has 0 N–H and O–H groups in total. The lowest BCUT2D eigenvalue weighted by Crippen LogP contribution is -2.15. The molecular formula is C16H20N2O2. The predicted octanol–water partition coefficient (Wildman–Crippen LogP) is 3.18. The van der Waals surface area contributed by atoms with Crippen molar-refractivity contribution in [1.82, 2.24) is 0 Å². The first-order chi connectivity index (χ1) is 9.60. The van der Waals surface area contributed by atoms with E-state index in [1.807, 2.05) is 44.2 Å². The van der Waals surface area contributed by atoms with E-state index in [1.165, 1.54) is 6.20 Å². The van der Waals surface area contributed by atoms with Gasteiger partial charge in [0.25, 0.3) is 0 Å². The van der Waals surface area contributed by atoms with Crippen LogP contribution in [0, 0.1) is 18.3 Å². The van der Waals surface area contributed by atoms with Gasteiger partial charge in [-0.3, -0.25) is 0 Å². The van der Waals surface area contributed by atoms with E-state index in [0.717, 1.165) is 24.1 Å². The van der Waals surface area contributed by atoms with Gasteiger partial charge in [0.1, 0.15) is 6.07 Å². The van der Waals surface area contributed by atoms with Crippen LogP contribution in [0.15, 0.2) is 36.0 Å². The lowest BCUT2D eigenvalue weighted by atomic mass is 10.2. The van der Waals surface area contributed by atoms with Crippen molar-refractivity contribution in [3.63, 3.8) is 0 Å². The van der Waals surface area contributed by atoms with Gasteiger partial charge in [-0.1, -0.05) is 31.5 Å². The van der Waals surface area contributed by atoms with Crippen LogP contribution in [0.25, 0.3) is 0 Å². The smallest absolute Gasteiger partial charge is 0.350 e. The molecule has 0 bridgehead atoms. The molecular weight excluding hydrogens is 252 g/mol. The Bertz CT molecular complexity index is 530. The van der Waals surface area contributed by atoms with Crippen molar-refractivity contribution in [3.05, 3.63) is 41.6 Å². The van der Waals surface area contributed by atoms with E-state index < -0.39 is 5.97 Å². The Hall–Kier alpha value is -2.28. The Morgan fingerprint density at radius 2 is 2.15 bits per heavy atom. The van der Waals surface area contributed by atoms with Crippen molar-refractivity contribution >= 4 is 11.7 Å². The lowest BCUT2D eigenvalue weighted by Gasteiger charge is -2.17. The third-order valence-electron chi connectivity index (χ3n) is 2.89. The third kappa shape index (κ3) is 4.43. The molecule has 106 valence electrons. The summed E-state index contributed by atoms with van der Waals surface area (Å²) in [5, 5.41) is 9.07. The van der Waals surface area contributed by atoms with Gasteiger partial charge in [0, 0.05) is 18.9 Å². The average molecular weight is 272 g/mol. The van der Waals surface area contributed by atoms with Gasteiger partial charge in [0.05, 0.1) is 6.61 Å². The summed E-state index contributed by atoms with van der Waals surface area (Å²) in [7, 11) is 1.80. The van der Waals surface area contributed by atoms with Crippen LogP contribution >= 0.6 is 0 Å². The topological polar surface area (TPSA) is 53.3 Å². The molecule has 1 aromatic carbocycles. The third-order valence-corrected chi connectivity index (χ3v) is 2.89. The minimum atomic E-state index is -0.568. The summed E-state index contributed by atoms with van der Waals surface area (Å²) in [6.45, 7) is 4.34. The molecule has 0 heterocycles. The number of unbranched alkanes of at least 4 members (excludes halogenated alkanes) is 1. The maximum absolute atomic E-state index is 11.8. The van der Waals surface area contributed by atoms with Gasteiger partial charge in [0.15, 0.2) is 5.57 Å². The van der Waals surface area contributed by atoms with Gasteiger partial charge in [-0.15, -0.1) is 0 Å². The average Bonchev–Trinajstić information content (AvgIpc) is 2.45. The fraction of sp³-hybridized carbons (Fsp3) is 0.375. The number of benzene rings is 1. The van der Waals surface area contributed by atoms with Crippen LogP contribution in [0.3, 0.4) is 0 Å². The zero-order chi connectivity index (χ0) is 15.0. The highest BCUT2D eigenvalue weighted by Gasteiger charge is 2.12. The number of rotatable bonds is 6. The van der Waals surface area contributed by atoms with E-state index >= 15 is 0 Å². The van der Waals surface area contributed by atoms with Crippen molar-refractivity contribution in [1.29, 1.82) is 5.26 Å². The summed E-state index contributed by atoms with van der Waals surface area (Å²) >= 11 is 0. The van der Waals surface area contributed by atoms with E-state index in [4.69, 9.17) is 10.00 Å². The molecule has 0 aromatic heterocycles. The molecule has 0 aliphatic heterocycles. The molecule has 0 amide bonds. The number of carbonyl (C=O) groups excluding carboxylic acids is 1. The van der Waals surface area contributed by atoms with Gasteiger partial charge >= 0.3 is 5.97 Å². The molecule has 4 heteroatoms. The zero-order valence-electron chi connectivity index (χ0n) is 12.2. The van der Waals surface area contributed by atoms with Crippen LogP contribution in [-0.2, 0) is 9.53 Å². The molecule has 0 radical (unpaired) electrons. The molecule has 0 atom stereocenters. The van der Waals surface area contributed by atoms with Crippen molar-refractivity contribution in [2.24, 2.45) is 0 Å². The number of ether oxygens (including phenoxy) is 1. The summed E-state index contributed by atoms with van der Waals surface area (Å²) in [5.41, 5.74) is 2.02. The highest BCUT2D eigenvalue weighted by Crippen LogP contribution is 2.18. The number of nitrogens with zero attached hydrogens (tertiary/aromatic N) is 2. The number of carbonyl (C=O) groups is 1. The number of nitriles is 1. The molecule has 0 unspecified atom stereocenters. The molecule has 0 spiro atoms. The molecule has 0 saturated carbocycles. The molecule has 0 saturated heterocycles. The fourth-order valence-corrected chi connectivity index (χ4v) is 1.74.